The first-order chi connectivity index (χ1) is 8.89. The Morgan fingerprint density at radius 3 is 2.63 bits per heavy atom. The number of nitrogens with two attached hydrogens (primary N) is 1. The van der Waals surface area contributed by atoms with Crippen LogP contribution in [0.2, 0.25) is 0 Å². The van der Waals surface area contributed by atoms with Gasteiger partial charge in [0, 0.05) is 24.7 Å². The van der Waals surface area contributed by atoms with E-state index in [-0.39, 0.29) is 17.5 Å². The molecule has 0 radical (unpaired) electrons. The molecular weight excluding hydrogens is 268 g/mol. The summed E-state index contributed by atoms with van der Waals surface area (Å²) in [6.07, 6.45) is 0. The lowest BCUT2D eigenvalue weighted by Gasteiger charge is -2.32. The fraction of sp³-hybridized carbons (Fsp3) is 0.667. The van der Waals surface area contributed by atoms with Gasteiger partial charge in [-0.1, -0.05) is 0 Å². The van der Waals surface area contributed by atoms with Crippen LogP contribution in [-0.2, 0) is 21.3 Å². The minimum absolute atomic E-state index is 0.149. The van der Waals surface area contributed by atoms with Gasteiger partial charge in [-0.3, -0.25) is 0 Å². The highest BCUT2D eigenvalue weighted by molar-refractivity contribution is 7.89. The quantitative estimate of drug-likeness (QED) is 0.887. The average molecular weight is 288 g/mol. The van der Waals surface area contributed by atoms with Crippen molar-refractivity contribution in [2.75, 3.05) is 19.8 Å². The molecule has 1 saturated heterocycles. The fourth-order valence-corrected chi connectivity index (χ4v) is 4.50. The van der Waals surface area contributed by atoms with Gasteiger partial charge in [-0.05, 0) is 20.8 Å². The summed E-state index contributed by atoms with van der Waals surface area (Å²) in [5, 5.41) is 0. The van der Waals surface area contributed by atoms with Crippen molar-refractivity contribution in [2.45, 2.75) is 38.3 Å². The second-order valence-corrected chi connectivity index (χ2v) is 6.59. The first kappa shape index (κ1) is 14.5. The van der Waals surface area contributed by atoms with Crippen LogP contribution >= 0.6 is 0 Å². The normalized spacial score (nSPS) is 21.8. The van der Waals surface area contributed by atoms with Crippen molar-refractivity contribution in [3.8, 4) is 0 Å². The van der Waals surface area contributed by atoms with Crippen molar-refractivity contribution in [2.24, 2.45) is 5.73 Å². The van der Waals surface area contributed by atoms with E-state index in [2.05, 4.69) is 0 Å². The van der Waals surface area contributed by atoms with Crippen LogP contribution in [0.25, 0.3) is 0 Å². The van der Waals surface area contributed by atoms with E-state index >= 15 is 0 Å². The smallest absolute Gasteiger partial charge is 0.247 e. The molecule has 2 N–H and O–H groups in total. The van der Waals surface area contributed by atoms with Crippen LogP contribution < -0.4 is 5.73 Å². The zero-order valence-corrected chi connectivity index (χ0v) is 12.3. The van der Waals surface area contributed by atoms with Crippen LogP contribution in [0.3, 0.4) is 0 Å². The maximum absolute atomic E-state index is 12.8. The Hall–Kier alpha value is -0.890. The van der Waals surface area contributed by atoms with E-state index in [4.69, 9.17) is 14.9 Å². The molecule has 7 heteroatoms. The lowest BCUT2D eigenvalue weighted by atomic mass is 10.2. The standard InChI is InChI=1S/C12H20N2O4S/c1-8-7-17-5-4-14(8)19(15,16)12-10(3)18-9(2)11(12)6-13/h8H,4-7,13H2,1-3H3. The van der Waals surface area contributed by atoms with Gasteiger partial charge in [-0.2, -0.15) is 4.31 Å². The van der Waals surface area contributed by atoms with Crippen molar-refractivity contribution in [3.63, 3.8) is 0 Å². The molecule has 2 rings (SSSR count). The molecule has 1 aliphatic rings. The molecule has 0 aromatic carbocycles. The monoisotopic (exact) mass is 288 g/mol. The largest absolute Gasteiger partial charge is 0.465 e. The molecule has 0 amide bonds. The zero-order valence-electron chi connectivity index (χ0n) is 11.5. The number of furan rings is 1. The van der Waals surface area contributed by atoms with Crippen molar-refractivity contribution in [1.29, 1.82) is 0 Å². The van der Waals surface area contributed by atoms with Gasteiger partial charge < -0.3 is 14.9 Å². The van der Waals surface area contributed by atoms with E-state index in [0.29, 0.717) is 36.8 Å². The summed E-state index contributed by atoms with van der Waals surface area (Å²) in [6.45, 7) is 6.56. The molecule has 0 bridgehead atoms. The van der Waals surface area contributed by atoms with Crippen molar-refractivity contribution in [1.82, 2.24) is 4.31 Å². The third kappa shape index (κ3) is 2.43. The molecule has 19 heavy (non-hydrogen) atoms. The van der Waals surface area contributed by atoms with Gasteiger partial charge in [0.25, 0.3) is 0 Å². The van der Waals surface area contributed by atoms with E-state index < -0.39 is 10.0 Å². The van der Waals surface area contributed by atoms with E-state index in [9.17, 15) is 8.42 Å². The molecular formula is C12H20N2O4S. The summed E-state index contributed by atoms with van der Waals surface area (Å²) in [5.74, 6) is 0.969. The number of aryl methyl sites for hydroxylation is 2. The van der Waals surface area contributed by atoms with Gasteiger partial charge in [0.05, 0.1) is 13.2 Å². The highest BCUT2D eigenvalue weighted by atomic mass is 32.2. The SMILES string of the molecule is Cc1oc(C)c(S(=O)(=O)N2CCOCC2C)c1CN. The summed E-state index contributed by atoms with van der Waals surface area (Å²) >= 11 is 0. The number of nitrogens with zero attached hydrogens (tertiary/aromatic N) is 1. The molecule has 0 saturated carbocycles. The molecule has 1 atom stereocenters. The minimum Gasteiger partial charge on any atom is -0.465 e. The van der Waals surface area contributed by atoms with Gasteiger partial charge >= 0.3 is 0 Å². The van der Waals surface area contributed by atoms with Crippen LogP contribution in [0.5, 0.6) is 0 Å². The lowest BCUT2D eigenvalue weighted by molar-refractivity contribution is 0.0392. The van der Waals surface area contributed by atoms with Crippen molar-refractivity contribution in [3.05, 3.63) is 17.1 Å². The number of sulfonamides is 1. The van der Waals surface area contributed by atoms with Crippen LogP contribution in [0.1, 0.15) is 24.0 Å². The molecule has 0 spiro atoms. The van der Waals surface area contributed by atoms with E-state index in [0.717, 1.165) is 0 Å². The first-order valence-electron chi connectivity index (χ1n) is 6.28. The minimum atomic E-state index is -3.58. The van der Waals surface area contributed by atoms with E-state index in [1.54, 1.807) is 13.8 Å². The predicted octanol–water partition coefficient (Wildman–Crippen LogP) is 0.765. The Morgan fingerprint density at radius 1 is 1.37 bits per heavy atom. The average Bonchev–Trinajstić information content (AvgIpc) is 2.64. The van der Waals surface area contributed by atoms with Gasteiger partial charge in [0.1, 0.15) is 16.4 Å². The molecule has 0 aliphatic carbocycles. The molecule has 1 unspecified atom stereocenters. The second-order valence-electron chi connectivity index (χ2n) is 4.77. The number of ether oxygens (including phenoxy) is 1. The van der Waals surface area contributed by atoms with Gasteiger partial charge in [0.2, 0.25) is 10.0 Å². The van der Waals surface area contributed by atoms with Crippen LogP contribution in [0, 0.1) is 13.8 Å². The van der Waals surface area contributed by atoms with Gasteiger partial charge in [-0.25, -0.2) is 8.42 Å². The molecule has 1 fully saturated rings. The zero-order chi connectivity index (χ0) is 14.2. The summed E-state index contributed by atoms with van der Waals surface area (Å²) in [7, 11) is -3.58. The van der Waals surface area contributed by atoms with E-state index in [1.807, 2.05) is 6.92 Å². The predicted molar refractivity (Wildman–Crippen MR) is 70.2 cm³/mol. The molecule has 108 valence electrons. The second kappa shape index (κ2) is 5.24. The maximum atomic E-state index is 12.8. The fourth-order valence-electron chi connectivity index (χ4n) is 2.47. The van der Waals surface area contributed by atoms with Crippen LogP contribution in [0.4, 0.5) is 0 Å². The van der Waals surface area contributed by atoms with Gasteiger partial charge in [0.15, 0.2) is 0 Å². The summed E-state index contributed by atoms with van der Waals surface area (Å²) < 4.78 is 37.7. The summed E-state index contributed by atoms with van der Waals surface area (Å²) in [5.41, 5.74) is 6.22. The highest BCUT2D eigenvalue weighted by Crippen LogP contribution is 2.30. The van der Waals surface area contributed by atoms with Crippen LogP contribution in [-0.4, -0.2) is 38.5 Å². The number of hydrogen-bond acceptors (Lipinski definition) is 5. The van der Waals surface area contributed by atoms with Crippen molar-refractivity contribution >= 4 is 10.0 Å². The van der Waals surface area contributed by atoms with E-state index in [1.165, 1.54) is 4.31 Å². The lowest BCUT2D eigenvalue weighted by Crippen LogP contribution is -2.47. The van der Waals surface area contributed by atoms with Crippen molar-refractivity contribution < 1.29 is 17.6 Å². The Labute approximate surface area is 113 Å². The third-order valence-electron chi connectivity index (χ3n) is 3.40. The molecule has 1 aliphatic heterocycles. The number of rotatable bonds is 3. The van der Waals surface area contributed by atoms with Gasteiger partial charge in [-0.15, -0.1) is 0 Å². The highest BCUT2D eigenvalue weighted by Gasteiger charge is 2.36. The third-order valence-corrected chi connectivity index (χ3v) is 5.61. The molecule has 1 aromatic rings. The molecule has 1 aromatic heterocycles. The Balaban J connectivity index is 2.50. The Morgan fingerprint density at radius 2 is 2.05 bits per heavy atom. The Bertz CT molecular complexity index is 565. The maximum Gasteiger partial charge on any atom is 0.247 e. The Kier molecular flexibility index (Phi) is 4.00. The molecule has 6 nitrogen and oxygen atoms in total. The number of hydrogen-bond donors (Lipinski definition) is 1. The topological polar surface area (TPSA) is 85.8 Å². The van der Waals surface area contributed by atoms with Crippen LogP contribution in [0.15, 0.2) is 9.31 Å². The number of morpholine rings is 1. The summed E-state index contributed by atoms with van der Waals surface area (Å²) in [4.78, 5) is 0.223. The summed E-state index contributed by atoms with van der Waals surface area (Å²) in [6, 6.07) is -0.181. The molecule has 2 heterocycles. The first-order valence-corrected chi connectivity index (χ1v) is 7.72.